The number of Topliss-reactive ketones (excluding diaryl/α,β-unsaturated/α-hetero) is 1. The Morgan fingerprint density at radius 3 is 2.80 bits per heavy atom. The summed E-state index contributed by atoms with van der Waals surface area (Å²) in [6, 6.07) is 11.0. The number of carbonyl (C=O) groups excluding carboxylic acids is 1. The number of fused-ring (bicyclic) bond motifs is 1. The van der Waals surface area contributed by atoms with E-state index in [0.29, 0.717) is 30.3 Å². The Hall–Kier alpha value is -3.33. The number of methoxy groups -OCH3 is 1. The van der Waals surface area contributed by atoms with Gasteiger partial charge in [0.05, 0.1) is 12.7 Å². The van der Waals surface area contributed by atoms with Crippen LogP contribution in [0.25, 0.3) is 6.08 Å². The van der Waals surface area contributed by atoms with Gasteiger partial charge in [0.1, 0.15) is 24.9 Å². The number of nitriles is 1. The fraction of sp³-hybridized carbons (Fsp3) is 0.158. The van der Waals surface area contributed by atoms with E-state index in [1.54, 1.807) is 24.3 Å². The Balaban J connectivity index is 1.98. The molecule has 0 radical (unpaired) electrons. The second kappa shape index (κ2) is 7.05. The molecule has 5 nitrogen and oxygen atoms in total. The molecule has 1 heterocycles. The number of nitrogens with zero attached hydrogens (tertiary/aromatic N) is 1. The molecule has 0 N–H and O–H groups in total. The summed E-state index contributed by atoms with van der Waals surface area (Å²) in [5, 5.41) is 9.36. The summed E-state index contributed by atoms with van der Waals surface area (Å²) in [7, 11) is 1.36. The third kappa shape index (κ3) is 3.31. The lowest BCUT2D eigenvalue weighted by Gasteiger charge is -2.20. The quantitative estimate of drug-likeness (QED) is 0.485. The number of ketones is 1. The van der Waals surface area contributed by atoms with Crippen LogP contribution in [-0.4, -0.2) is 26.1 Å². The van der Waals surface area contributed by atoms with E-state index in [1.165, 1.54) is 25.3 Å². The van der Waals surface area contributed by atoms with Gasteiger partial charge in [0.25, 0.3) is 0 Å². The molecular formula is C19H14FNO4. The molecule has 0 saturated heterocycles. The number of hydrogen-bond acceptors (Lipinski definition) is 5. The Morgan fingerprint density at radius 1 is 1.28 bits per heavy atom. The maximum Gasteiger partial charge on any atom is 0.207 e. The van der Waals surface area contributed by atoms with Crippen LogP contribution < -0.4 is 14.2 Å². The molecule has 6 heteroatoms. The van der Waals surface area contributed by atoms with Gasteiger partial charge in [-0.05, 0) is 35.9 Å². The van der Waals surface area contributed by atoms with Gasteiger partial charge in [-0.1, -0.05) is 12.1 Å². The maximum atomic E-state index is 13.8. The van der Waals surface area contributed by atoms with Crippen LogP contribution in [0.2, 0.25) is 0 Å². The van der Waals surface area contributed by atoms with Crippen molar-refractivity contribution in [3.63, 3.8) is 0 Å². The van der Waals surface area contributed by atoms with Crippen molar-refractivity contribution < 1.29 is 23.4 Å². The van der Waals surface area contributed by atoms with Crippen molar-refractivity contribution in [2.75, 3.05) is 20.3 Å². The Bertz CT molecular complexity index is 899. The summed E-state index contributed by atoms with van der Waals surface area (Å²) in [6.07, 6.45) is 1.33. The summed E-state index contributed by atoms with van der Waals surface area (Å²) < 4.78 is 29.6. The smallest absolute Gasteiger partial charge is 0.207 e. The summed E-state index contributed by atoms with van der Waals surface area (Å²) >= 11 is 0. The van der Waals surface area contributed by atoms with Crippen molar-refractivity contribution in [1.29, 1.82) is 5.26 Å². The van der Waals surface area contributed by atoms with Gasteiger partial charge in [-0.25, -0.2) is 4.39 Å². The highest BCUT2D eigenvalue weighted by atomic mass is 19.1. The van der Waals surface area contributed by atoms with Gasteiger partial charge in [-0.2, -0.15) is 5.26 Å². The molecule has 0 unspecified atom stereocenters. The van der Waals surface area contributed by atoms with E-state index in [1.807, 2.05) is 6.07 Å². The first-order valence-corrected chi connectivity index (χ1v) is 7.52. The van der Waals surface area contributed by atoms with E-state index in [2.05, 4.69) is 0 Å². The Kier molecular flexibility index (Phi) is 4.66. The molecule has 1 aliphatic rings. The van der Waals surface area contributed by atoms with Crippen LogP contribution in [0.4, 0.5) is 4.39 Å². The lowest BCUT2D eigenvalue weighted by Crippen LogP contribution is -2.18. The topological polar surface area (TPSA) is 68.5 Å². The average Bonchev–Trinajstić information content (AvgIpc) is 2.65. The SMILES string of the molecule is COc1ccc(/C=C(\C#N)C(=O)c2cccc3c2OCCO3)cc1F. The van der Waals surface area contributed by atoms with E-state index >= 15 is 0 Å². The molecule has 0 aliphatic carbocycles. The molecule has 0 spiro atoms. The van der Waals surface area contributed by atoms with Crippen LogP contribution in [0.3, 0.4) is 0 Å². The van der Waals surface area contributed by atoms with Crippen molar-refractivity contribution in [3.05, 3.63) is 58.9 Å². The standard InChI is InChI=1S/C19H14FNO4/c1-23-16-6-5-12(10-15(16)20)9-13(11-21)18(22)14-3-2-4-17-19(14)25-8-7-24-17/h2-6,9-10H,7-8H2,1H3/b13-9+. The van der Waals surface area contributed by atoms with Crippen LogP contribution in [0.5, 0.6) is 17.2 Å². The zero-order chi connectivity index (χ0) is 17.8. The molecule has 126 valence electrons. The molecular weight excluding hydrogens is 325 g/mol. The highest BCUT2D eigenvalue weighted by molar-refractivity contribution is 6.15. The summed E-state index contributed by atoms with van der Waals surface area (Å²) in [5.74, 6) is -0.216. The van der Waals surface area contributed by atoms with Crippen molar-refractivity contribution >= 4 is 11.9 Å². The van der Waals surface area contributed by atoms with Gasteiger partial charge in [0.15, 0.2) is 23.1 Å². The molecule has 0 fully saturated rings. The first-order chi connectivity index (χ1) is 12.1. The number of allylic oxidation sites excluding steroid dienone is 1. The van der Waals surface area contributed by atoms with Gasteiger partial charge in [0.2, 0.25) is 5.78 Å². The molecule has 1 aliphatic heterocycles. The molecule has 2 aromatic carbocycles. The molecule has 0 atom stereocenters. The van der Waals surface area contributed by atoms with E-state index in [4.69, 9.17) is 14.2 Å². The van der Waals surface area contributed by atoms with Crippen molar-refractivity contribution in [2.45, 2.75) is 0 Å². The van der Waals surface area contributed by atoms with Crippen molar-refractivity contribution in [1.82, 2.24) is 0 Å². The van der Waals surface area contributed by atoms with E-state index in [0.717, 1.165) is 0 Å². The number of carbonyl (C=O) groups is 1. The number of benzene rings is 2. The molecule has 3 rings (SSSR count). The fourth-order valence-corrected chi connectivity index (χ4v) is 2.49. The largest absolute Gasteiger partial charge is 0.494 e. The molecule has 25 heavy (non-hydrogen) atoms. The summed E-state index contributed by atoms with van der Waals surface area (Å²) in [6.45, 7) is 0.725. The van der Waals surface area contributed by atoms with Crippen molar-refractivity contribution in [3.8, 4) is 23.3 Å². The second-order valence-corrected chi connectivity index (χ2v) is 5.22. The minimum Gasteiger partial charge on any atom is -0.494 e. The highest BCUT2D eigenvalue weighted by Crippen LogP contribution is 2.35. The first kappa shape index (κ1) is 16.5. The third-order valence-corrected chi connectivity index (χ3v) is 3.66. The van der Waals surface area contributed by atoms with Crippen molar-refractivity contribution in [2.24, 2.45) is 0 Å². The lowest BCUT2D eigenvalue weighted by molar-refractivity contribution is 0.102. The van der Waals surface area contributed by atoms with E-state index in [9.17, 15) is 14.4 Å². The van der Waals surface area contributed by atoms with Crippen LogP contribution >= 0.6 is 0 Å². The van der Waals surface area contributed by atoms with E-state index in [-0.39, 0.29) is 16.9 Å². The fourth-order valence-electron chi connectivity index (χ4n) is 2.49. The van der Waals surface area contributed by atoms with Crippen LogP contribution in [0.15, 0.2) is 42.0 Å². The number of rotatable bonds is 4. The Morgan fingerprint density at radius 2 is 2.08 bits per heavy atom. The number of para-hydroxylation sites is 1. The zero-order valence-electron chi connectivity index (χ0n) is 13.4. The molecule has 0 amide bonds. The van der Waals surface area contributed by atoms with Gasteiger partial charge in [-0.3, -0.25) is 4.79 Å². The normalized spacial score (nSPS) is 13.1. The second-order valence-electron chi connectivity index (χ2n) is 5.22. The predicted molar refractivity (Wildman–Crippen MR) is 88.3 cm³/mol. The minimum absolute atomic E-state index is 0.0876. The summed E-state index contributed by atoms with van der Waals surface area (Å²) in [5.41, 5.74) is 0.483. The third-order valence-electron chi connectivity index (χ3n) is 3.66. The molecule has 0 bridgehead atoms. The molecule has 0 saturated carbocycles. The van der Waals surface area contributed by atoms with Gasteiger partial charge < -0.3 is 14.2 Å². The maximum absolute atomic E-state index is 13.8. The van der Waals surface area contributed by atoms with Crippen LogP contribution in [0.1, 0.15) is 15.9 Å². The molecule has 2 aromatic rings. The minimum atomic E-state index is -0.574. The highest BCUT2D eigenvalue weighted by Gasteiger charge is 2.22. The number of ether oxygens (including phenoxy) is 3. The zero-order valence-corrected chi connectivity index (χ0v) is 13.4. The van der Waals surface area contributed by atoms with Crippen LogP contribution in [-0.2, 0) is 0 Å². The predicted octanol–water partition coefficient (Wildman–Crippen LogP) is 3.40. The Labute approximate surface area is 143 Å². The number of halogens is 1. The van der Waals surface area contributed by atoms with Crippen LogP contribution in [0, 0.1) is 17.1 Å². The molecule has 0 aromatic heterocycles. The van der Waals surface area contributed by atoms with Gasteiger partial charge >= 0.3 is 0 Å². The summed E-state index contributed by atoms with van der Waals surface area (Å²) in [4.78, 5) is 12.7. The monoisotopic (exact) mass is 339 g/mol. The average molecular weight is 339 g/mol. The van der Waals surface area contributed by atoms with E-state index < -0.39 is 11.6 Å². The first-order valence-electron chi connectivity index (χ1n) is 7.52. The lowest BCUT2D eigenvalue weighted by atomic mass is 10.0. The van der Waals surface area contributed by atoms with Gasteiger partial charge in [-0.15, -0.1) is 0 Å². The number of hydrogen-bond donors (Lipinski definition) is 0. The van der Waals surface area contributed by atoms with Gasteiger partial charge in [0, 0.05) is 0 Å².